The number of nitrogens with zero attached hydrogens (tertiary/aromatic N) is 1. The first-order valence-corrected chi connectivity index (χ1v) is 7.97. The Labute approximate surface area is 121 Å². The number of carbonyl (C=O) groups is 1. The van der Waals surface area contributed by atoms with Crippen molar-refractivity contribution in [3.05, 3.63) is 21.9 Å². The van der Waals surface area contributed by atoms with Crippen LogP contribution >= 0.6 is 11.3 Å². The quantitative estimate of drug-likeness (QED) is 0.748. The molecule has 1 aromatic heterocycles. The first-order valence-electron chi connectivity index (χ1n) is 7.09. The van der Waals surface area contributed by atoms with Crippen LogP contribution in [-0.2, 0) is 6.54 Å². The molecule has 2 amide bonds. The lowest BCUT2D eigenvalue weighted by Crippen LogP contribution is -2.41. The highest BCUT2D eigenvalue weighted by Gasteiger charge is 2.13. The van der Waals surface area contributed by atoms with Crippen LogP contribution in [0.2, 0.25) is 0 Å². The van der Waals surface area contributed by atoms with Crippen molar-refractivity contribution < 1.29 is 4.79 Å². The molecule has 1 heterocycles. The molecule has 1 rings (SSSR count). The van der Waals surface area contributed by atoms with Gasteiger partial charge in [0.15, 0.2) is 0 Å². The Balaban J connectivity index is 2.34. The number of rotatable bonds is 7. The number of amides is 2. The fourth-order valence-corrected chi connectivity index (χ4v) is 2.91. The molecule has 0 aliphatic rings. The maximum atomic E-state index is 12.0. The number of hydrogen-bond donors (Lipinski definition) is 1. The maximum Gasteiger partial charge on any atom is 0.317 e. The Hall–Kier alpha value is -1.03. The largest absolute Gasteiger partial charge is 0.336 e. The third-order valence-corrected chi connectivity index (χ3v) is 4.31. The predicted octanol–water partition coefficient (Wildman–Crippen LogP) is 4.17. The minimum Gasteiger partial charge on any atom is -0.336 e. The molecule has 108 valence electrons. The lowest BCUT2D eigenvalue weighted by atomic mass is 10.1. The lowest BCUT2D eigenvalue weighted by Gasteiger charge is -2.21. The standard InChI is InChI=1S/C15H26N2OS/c1-5-6-7-8-13(3)16-15(18)17(4)11-14-12(2)9-10-19-14/h9-10,13H,5-8,11H2,1-4H3,(H,16,18). The molecule has 1 unspecified atom stereocenters. The molecule has 0 aliphatic carbocycles. The Morgan fingerprint density at radius 1 is 1.47 bits per heavy atom. The van der Waals surface area contributed by atoms with Crippen LogP contribution in [0.1, 0.15) is 50.0 Å². The summed E-state index contributed by atoms with van der Waals surface area (Å²) in [7, 11) is 1.85. The highest BCUT2D eigenvalue weighted by molar-refractivity contribution is 7.10. The number of hydrogen-bond acceptors (Lipinski definition) is 2. The van der Waals surface area contributed by atoms with E-state index in [0.717, 1.165) is 6.42 Å². The zero-order valence-electron chi connectivity index (χ0n) is 12.5. The van der Waals surface area contributed by atoms with Crippen molar-refractivity contribution in [1.82, 2.24) is 10.2 Å². The summed E-state index contributed by atoms with van der Waals surface area (Å²) < 4.78 is 0. The summed E-state index contributed by atoms with van der Waals surface area (Å²) in [5.41, 5.74) is 1.26. The van der Waals surface area contributed by atoms with Gasteiger partial charge in [0.25, 0.3) is 0 Å². The van der Waals surface area contributed by atoms with E-state index in [0.29, 0.717) is 6.54 Å². The smallest absolute Gasteiger partial charge is 0.317 e. The van der Waals surface area contributed by atoms with Crippen molar-refractivity contribution in [1.29, 1.82) is 0 Å². The van der Waals surface area contributed by atoms with Crippen LogP contribution in [0.25, 0.3) is 0 Å². The molecule has 1 N–H and O–H groups in total. The topological polar surface area (TPSA) is 32.3 Å². The summed E-state index contributed by atoms with van der Waals surface area (Å²) in [5, 5.41) is 5.14. The van der Waals surface area contributed by atoms with Gasteiger partial charge < -0.3 is 10.2 Å². The molecule has 0 saturated heterocycles. The molecule has 0 saturated carbocycles. The number of carbonyl (C=O) groups excluding carboxylic acids is 1. The molecule has 0 fully saturated rings. The fraction of sp³-hybridized carbons (Fsp3) is 0.667. The number of thiophene rings is 1. The molecule has 3 nitrogen and oxygen atoms in total. The second-order valence-electron chi connectivity index (χ2n) is 5.23. The van der Waals surface area contributed by atoms with E-state index >= 15 is 0 Å². The zero-order chi connectivity index (χ0) is 14.3. The van der Waals surface area contributed by atoms with Gasteiger partial charge in [0, 0.05) is 18.0 Å². The van der Waals surface area contributed by atoms with E-state index in [2.05, 4.69) is 37.5 Å². The second-order valence-corrected chi connectivity index (χ2v) is 6.23. The van der Waals surface area contributed by atoms with Gasteiger partial charge in [-0.2, -0.15) is 0 Å². The Bertz CT molecular complexity index is 389. The van der Waals surface area contributed by atoms with Crippen molar-refractivity contribution in [3.8, 4) is 0 Å². The van der Waals surface area contributed by atoms with E-state index in [-0.39, 0.29) is 12.1 Å². The van der Waals surface area contributed by atoms with Gasteiger partial charge >= 0.3 is 6.03 Å². The summed E-state index contributed by atoms with van der Waals surface area (Å²) in [6, 6.07) is 2.38. The second kappa shape index (κ2) is 8.20. The normalized spacial score (nSPS) is 12.2. The summed E-state index contributed by atoms with van der Waals surface area (Å²) in [4.78, 5) is 15.1. The van der Waals surface area contributed by atoms with Crippen LogP contribution in [0, 0.1) is 6.92 Å². The van der Waals surface area contributed by atoms with E-state index in [4.69, 9.17) is 0 Å². The summed E-state index contributed by atoms with van der Waals surface area (Å²) in [6.07, 6.45) is 4.71. The maximum absolute atomic E-state index is 12.0. The highest BCUT2D eigenvalue weighted by Crippen LogP contribution is 2.17. The van der Waals surface area contributed by atoms with E-state index in [1.165, 1.54) is 29.7 Å². The summed E-state index contributed by atoms with van der Waals surface area (Å²) in [6.45, 7) is 7.06. The van der Waals surface area contributed by atoms with Gasteiger partial charge in [0.05, 0.1) is 6.54 Å². The van der Waals surface area contributed by atoms with Gasteiger partial charge in [-0.15, -0.1) is 11.3 Å². The van der Waals surface area contributed by atoms with Crippen LogP contribution in [0.3, 0.4) is 0 Å². The number of unbranched alkanes of at least 4 members (excludes halogenated alkanes) is 2. The van der Waals surface area contributed by atoms with Crippen LogP contribution in [0.4, 0.5) is 4.79 Å². The predicted molar refractivity (Wildman–Crippen MR) is 82.7 cm³/mol. The molecule has 0 bridgehead atoms. The van der Waals surface area contributed by atoms with Gasteiger partial charge in [-0.3, -0.25) is 0 Å². The third-order valence-electron chi connectivity index (χ3n) is 3.31. The fourth-order valence-electron chi connectivity index (χ4n) is 1.95. The van der Waals surface area contributed by atoms with E-state index < -0.39 is 0 Å². The molecule has 0 aromatic carbocycles. The van der Waals surface area contributed by atoms with Crippen molar-refractivity contribution in [2.75, 3.05) is 7.05 Å². The number of aryl methyl sites for hydroxylation is 1. The van der Waals surface area contributed by atoms with Gasteiger partial charge in [-0.05, 0) is 37.3 Å². The number of urea groups is 1. The van der Waals surface area contributed by atoms with Crippen LogP contribution < -0.4 is 5.32 Å². The van der Waals surface area contributed by atoms with Gasteiger partial charge in [-0.25, -0.2) is 4.79 Å². The van der Waals surface area contributed by atoms with Crippen molar-refractivity contribution in [2.45, 2.75) is 59.0 Å². The van der Waals surface area contributed by atoms with Crippen LogP contribution in [0.15, 0.2) is 11.4 Å². The molecule has 4 heteroatoms. The molecular formula is C15H26N2OS. The van der Waals surface area contributed by atoms with Crippen molar-refractivity contribution in [3.63, 3.8) is 0 Å². The first-order chi connectivity index (χ1) is 9.04. The van der Waals surface area contributed by atoms with E-state index in [1.807, 2.05) is 7.05 Å². The van der Waals surface area contributed by atoms with Gasteiger partial charge in [0.2, 0.25) is 0 Å². The molecule has 0 aliphatic heterocycles. The zero-order valence-corrected chi connectivity index (χ0v) is 13.3. The monoisotopic (exact) mass is 282 g/mol. The molecular weight excluding hydrogens is 256 g/mol. The van der Waals surface area contributed by atoms with Crippen molar-refractivity contribution >= 4 is 17.4 Å². The van der Waals surface area contributed by atoms with Gasteiger partial charge in [0.1, 0.15) is 0 Å². The minimum absolute atomic E-state index is 0.0248. The third kappa shape index (κ3) is 5.64. The average Bonchev–Trinajstić information content (AvgIpc) is 2.75. The molecule has 0 spiro atoms. The van der Waals surface area contributed by atoms with Crippen LogP contribution in [-0.4, -0.2) is 24.0 Å². The molecule has 0 radical (unpaired) electrons. The molecule has 1 aromatic rings. The number of nitrogens with one attached hydrogen (secondary N) is 1. The summed E-state index contributed by atoms with van der Waals surface area (Å²) >= 11 is 1.71. The summed E-state index contributed by atoms with van der Waals surface area (Å²) in [5.74, 6) is 0. The molecule has 1 atom stereocenters. The first kappa shape index (κ1) is 16.0. The van der Waals surface area contributed by atoms with Crippen LogP contribution in [0.5, 0.6) is 0 Å². The SMILES string of the molecule is CCCCCC(C)NC(=O)N(C)Cc1sccc1C. The highest BCUT2D eigenvalue weighted by atomic mass is 32.1. The minimum atomic E-state index is 0.0248. The molecule has 19 heavy (non-hydrogen) atoms. The average molecular weight is 282 g/mol. The Morgan fingerprint density at radius 2 is 2.21 bits per heavy atom. The van der Waals surface area contributed by atoms with E-state index in [9.17, 15) is 4.79 Å². The Kier molecular flexibility index (Phi) is 6.92. The Morgan fingerprint density at radius 3 is 2.79 bits per heavy atom. The van der Waals surface area contributed by atoms with E-state index in [1.54, 1.807) is 16.2 Å². The van der Waals surface area contributed by atoms with Gasteiger partial charge in [-0.1, -0.05) is 26.2 Å². The lowest BCUT2D eigenvalue weighted by molar-refractivity contribution is 0.203. The van der Waals surface area contributed by atoms with Crippen molar-refractivity contribution in [2.24, 2.45) is 0 Å².